The minimum absolute atomic E-state index is 0.0817. The van der Waals surface area contributed by atoms with Crippen molar-refractivity contribution in [3.8, 4) is 0 Å². The van der Waals surface area contributed by atoms with Crippen LogP contribution in [0.2, 0.25) is 0 Å². The molecule has 0 heterocycles. The SMILES string of the molecule is [2H]CC(OCCOCCOCCOCCOCCOCCOCCOCCOCCOCCOCCOCCOCCCS(=O)(=O)CCSC)C(C)=O. The normalized spacial score (nSPS) is 12.8. The molecule has 0 aromatic carbocycles. The summed E-state index contributed by atoms with van der Waals surface area (Å²) >= 11 is 1.53. The van der Waals surface area contributed by atoms with Gasteiger partial charge in [-0.1, -0.05) is 0 Å². The minimum Gasteiger partial charge on any atom is -0.379 e. The lowest BCUT2D eigenvalue weighted by molar-refractivity contribution is -0.128. The van der Waals surface area contributed by atoms with Gasteiger partial charge < -0.3 is 61.6 Å². The lowest BCUT2D eigenvalue weighted by Gasteiger charge is -2.10. The maximum Gasteiger partial charge on any atom is 0.158 e. The number of hydrogen-bond acceptors (Lipinski definition) is 17. The Balaban J connectivity index is 3.13. The van der Waals surface area contributed by atoms with Crippen LogP contribution in [-0.2, 0) is 76.2 Å². The summed E-state index contributed by atoms with van der Waals surface area (Å²) in [6, 6.07) is 0. The summed E-state index contributed by atoms with van der Waals surface area (Å²) in [6.07, 6.45) is 1.72. The highest BCUT2D eigenvalue weighted by atomic mass is 32.2. The zero-order valence-corrected chi connectivity index (χ0v) is 33.3. The average molecular weight is 798 g/mol. The van der Waals surface area contributed by atoms with E-state index in [0.29, 0.717) is 171 Å². The standard InChI is InChI=1S/C34H68O16S2/c1-33(35)34(2)50-29-28-49-27-26-48-25-24-47-23-22-46-21-20-45-19-18-44-17-16-43-15-14-42-13-12-41-11-10-40-9-8-39-7-6-38-5-4-31-52(36,37)32-30-51-3/h34H,4-32H2,1-3H3/i2D. The Morgan fingerprint density at radius 1 is 0.481 bits per heavy atom. The van der Waals surface area contributed by atoms with Gasteiger partial charge in [-0.2, -0.15) is 11.8 Å². The lowest BCUT2D eigenvalue weighted by Crippen LogP contribution is -2.20. The number of ether oxygens (including phenoxy) is 13. The quantitative estimate of drug-likeness (QED) is 0.0808. The van der Waals surface area contributed by atoms with Crippen LogP contribution in [0.15, 0.2) is 0 Å². The Labute approximate surface area is 318 Å². The molecule has 312 valence electrons. The predicted octanol–water partition coefficient (Wildman–Crippen LogP) is 1.35. The van der Waals surface area contributed by atoms with Gasteiger partial charge in [-0.05, 0) is 26.5 Å². The second-order valence-electron chi connectivity index (χ2n) is 10.8. The molecule has 1 unspecified atom stereocenters. The van der Waals surface area contributed by atoms with Crippen LogP contribution < -0.4 is 0 Å². The maximum absolute atomic E-state index is 11.7. The first-order chi connectivity index (χ1) is 25.9. The zero-order chi connectivity index (χ0) is 38.8. The van der Waals surface area contributed by atoms with Crippen molar-refractivity contribution in [1.82, 2.24) is 0 Å². The van der Waals surface area contributed by atoms with E-state index < -0.39 is 15.9 Å². The third kappa shape index (κ3) is 42.2. The van der Waals surface area contributed by atoms with Crippen molar-refractivity contribution < 1.29 is 76.2 Å². The highest BCUT2D eigenvalue weighted by molar-refractivity contribution is 8.00. The highest BCUT2D eigenvalue weighted by Crippen LogP contribution is 2.00. The summed E-state index contributed by atoms with van der Waals surface area (Å²) in [5.41, 5.74) is 0. The predicted molar refractivity (Wildman–Crippen MR) is 198 cm³/mol. The van der Waals surface area contributed by atoms with Crippen molar-refractivity contribution in [2.45, 2.75) is 26.3 Å². The average Bonchev–Trinajstić information content (AvgIpc) is 3.14. The molecular formula is C34H68O16S2. The molecule has 0 aromatic heterocycles. The van der Waals surface area contributed by atoms with Crippen molar-refractivity contribution in [2.75, 3.05) is 189 Å². The summed E-state index contributed by atoms with van der Waals surface area (Å²) < 4.78 is 101. The third-order valence-electron chi connectivity index (χ3n) is 6.43. The summed E-state index contributed by atoms with van der Waals surface area (Å²) in [7, 11) is -2.97. The molecule has 0 aliphatic rings. The monoisotopic (exact) mass is 797 g/mol. The zero-order valence-electron chi connectivity index (χ0n) is 32.6. The van der Waals surface area contributed by atoms with Gasteiger partial charge in [0.25, 0.3) is 0 Å². The molecule has 0 N–H and O–H groups in total. The third-order valence-corrected chi connectivity index (χ3v) is 9.04. The van der Waals surface area contributed by atoms with Gasteiger partial charge in [0.2, 0.25) is 0 Å². The van der Waals surface area contributed by atoms with Crippen LogP contribution in [0.5, 0.6) is 0 Å². The molecule has 18 heteroatoms. The number of Topliss-reactive ketones (excluding diaryl/α,β-unsaturated/α-hetero) is 1. The molecular weight excluding hydrogens is 728 g/mol. The number of ketones is 1. The van der Waals surface area contributed by atoms with Gasteiger partial charge in [-0.3, -0.25) is 4.79 Å². The summed E-state index contributed by atoms with van der Waals surface area (Å²) in [5.74, 6) is 0.868. The lowest BCUT2D eigenvalue weighted by atomic mass is 10.3. The first kappa shape index (κ1) is 49.5. The summed E-state index contributed by atoms with van der Waals surface area (Å²) in [5, 5.41) is 0. The molecule has 0 fully saturated rings. The van der Waals surface area contributed by atoms with Gasteiger partial charge in [0.15, 0.2) is 15.6 Å². The van der Waals surface area contributed by atoms with Crippen molar-refractivity contribution >= 4 is 27.4 Å². The molecule has 16 nitrogen and oxygen atoms in total. The summed E-state index contributed by atoms with van der Waals surface area (Å²) in [6.45, 7) is 12.6. The van der Waals surface area contributed by atoms with E-state index in [2.05, 4.69) is 0 Å². The molecule has 0 aliphatic heterocycles. The molecule has 0 rings (SSSR count). The van der Waals surface area contributed by atoms with Gasteiger partial charge in [-0.15, -0.1) is 0 Å². The molecule has 1 atom stereocenters. The van der Waals surface area contributed by atoms with Crippen LogP contribution in [-0.4, -0.2) is 209 Å². The van der Waals surface area contributed by atoms with Crippen LogP contribution in [0.1, 0.15) is 21.6 Å². The Bertz CT molecular complexity index is 863. The topological polar surface area (TPSA) is 171 Å². The number of rotatable bonds is 45. The Morgan fingerprint density at radius 2 is 0.750 bits per heavy atom. The smallest absolute Gasteiger partial charge is 0.158 e. The second-order valence-corrected chi connectivity index (χ2v) is 14.1. The minimum atomic E-state index is -2.97. The first-order valence-corrected chi connectivity index (χ1v) is 21.2. The molecule has 0 spiro atoms. The van der Waals surface area contributed by atoms with Crippen LogP contribution in [0.25, 0.3) is 0 Å². The van der Waals surface area contributed by atoms with Crippen LogP contribution >= 0.6 is 11.8 Å². The van der Waals surface area contributed by atoms with Crippen molar-refractivity contribution in [3.05, 3.63) is 0 Å². The van der Waals surface area contributed by atoms with Crippen LogP contribution in [0, 0.1) is 0 Å². The fourth-order valence-corrected chi connectivity index (χ4v) is 6.03. The fraction of sp³-hybridized carbons (Fsp3) is 0.971. The van der Waals surface area contributed by atoms with E-state index in [1.165, 1.54) is 18.7 Å². The number of carbonyl (C=O) groups is 1. The Hall–Kier alpha value is -0.550. The van der Waals surface area contributed by atoms with Crippen LogP contribution in [0.4, 0.5) is 0 Å². The van der Waals surface area contributed by atoms with Crippen molar-refractivity contribution in [3.63, 3.8) is 0 Å². The number of hydrogen-bond donors (Lipinski definition) is 0. The molecule has 0 saturated heterocycles. The van der Waals surface area contributed by atoms with E-state index >= 15 is 0 Å². The van der Waals surface area contributed by atoms with E-state index in [9.17, 15) is 13.2 Å². The van der Waals surface area contributed by atoms with E-state index in [-0.39, 0.29) is 30.8 Å². The van der Waals surface area contributed by atoms with Gasteiger partial charge in [0.05, 0.1) is 170 Å². The summed E-state index contributed by atoms with van der Waals surface area (Å²) in [4.78, 5) is 11.2. The fourth-order valence-electron chi connectivity index (χ4n) is 3.58. The van der Waals surface area contributed by atoms with Gasteiger partial charge in [-0.25, -0.2) is 8.42 Å². The number of carbonyl (C=O) groups excluding carboxylic acids is 1. The molecule has 0 bridgehead atoms. The number of sulfone groups is 1. The van der Waals surface area contributed by atoms with Crippen molar-refractivity contribution in [1.29, 1.82) is 0 Å². The molecule has 0 saturated carbocycles. The molecule has 0 radical (unpaired) electrons. The number of thioether (sulfide) groups is 1. The first-order valence-electron chi connectivity index (χ1n) is 18.7. The highest BCUT2D eigenvalue weighted by Gasteiger charge is 2.09. The van der Waals surface area contributed by atoms with E-state index in [1.807, 2.05) is 6.26 Å². The molecule has 0 aromatic rings. The van der Waals surface area contributed by atoms with Gasteiger partial charge in [0.1, 0.15) is 6.10 Å². The van der Waals surface area contributed by atoms with Gasteiger partial charge in [0, 0.05) is 13.7 Å². The maximum atomic E-state index is 11.7. The molecule has 0 amide bonds. The Kier molecular flexibility index (Phi) is 39.6. The van der Waals surface area contributed by atoms with E-state index in [0.717, 1.165) is 0 Å². The van der Waals surface area contributed by atoms with Crippen LogP contribution in [0.3, 0.4) is 0 Å². The van der Waals surface area contributed by atoms with E-state index in [4.69, 9.17) is 62.9 Å². The van der Waals surface area contributed by atoms with Gasteiger partial charge >= 0.3 is 0 Å². The van der Waals surface area contributed by atoms with E-state index in [1.54, 1.807) is 0 Å². The second kappa shape index (κ2) is 41.6. The van der Waals surface area contributed by atoms with Crippen molar-refractivity contribution in [2.24, 2.45) is 0 Å². The molecule has 0 aliphatic carbocycles. The molecule has 52 heavy (non-hydrogen) atoms. The largest absolute Gasteiger partial charge is 0.379 e. The Morgan fingerprint density at radius 3 is 1.00 bits per heavy atom.